The van der Waals surface area contributed by atoms with Crippen molar-refractivity contribution in [1.29, 1.82) is 0 Å². The van der Waals surface area contributed by atoms with E-state index in [1.165, 1.54) is 54.9 Å². The lowest BCUT2D eigenvalue weighted by molar-refractivity contribution is 1.20. The van der Waals surface area contributed by atoms with E-state index in [1.54, 1.807) is 0 Å². The second-order valence-electron chi connectivity index (χ2n) is 6.69. The summed E-state index contributed by atoms with van der Waals surface area (Å²) in [6.07, 6.45) is 1.06. The molecule has 0 heterocycles. The highest BCUT2D eigenvalue weighted by Crippen LogP contribution is 2.44. The van der Waals surface area contributed by atoms with Crippen LogP contribution in [0.5, 0.6) is 0 Å². The molecule has 0 nitrogen and oxygen atoms in total. The Hall–Kier alpha value is -2.60. The largest absolute Gasteiger partial charge is 0.0616 e. The second-order valence-corrected chi connectivity index (χ2v) is 6.69. The van der Waals surface area contributed by atoms with Crippen LogP contribution in [0.2, 0.25) is 0 Å². The van der Waals surface area contributed by atoms with E-state index >= 15 is 0 Å². The zero-order valence-corrected chi connectivity index (χ0v) is 13.5. The first-order valence-corrected chi connectivity index (χ1v) is 8.27. The molecule has 0 heteroatoms. The molecule has 0 atom stereocenters. The molecule has 4 aromatic rings. The Bertz CT molecular complexity index is 1100. The lowest BCUT2D eigenvalue weighted by atomic mass is 9.94. The van der Waals surface area contributed by atoms with E-state index in [0.717, 1.165) is 6.42 Å². The van der Waals surface area contributed by atoms with Crippen LogP contribution in [0.1, 0.15) is 22.3 Å². The second kappa shape index (κ2) is 4.45. The van der Waals surface area contributed by atoms with Gasteiger partial charge in [0, 0.05) is 0 Å². The Morgan fingerprint density at radius 3 is 2.26 bits per heavy atom. The molecule has 5 rings (SSSR count). The lowest BCUT2D eigenvalue weighted by Crippen LogP contribution is -1.90. The minimum Gasteiger partial charge on any atom is -0.0616 e. The normalized spacial score (nSPS) is 12.6. The molecule has 0 saturated heterocycles. The van der Waals surface area contributed by atoms with E-state index in [0.29, 0.717) is 0 Å². The third kappa shape index (κ3) is 1.66. The highest BCUT2D eigenvalue weighted by atomic mass is 14.3. The average molecular weight is 294 g/mol. The van der Waals surface area contributed by atoms with Crippen LogP contribution in [-0.2, 0) is 6.42 Å². The predicted molar refractivity (Wildman–Crippen MR) is 99.2 cm³/mol. The summed E-state index contributed by atoms with van der Waals surface area (Å²) in [6.45, 7) is 4.48. The van der Waals surface area contributed by atoms with Gasteiger partial charge in [0.05, 0.1) is 0 Å². The maximum absolute atomic E-state index is 2.31. The maximum atomic E-state index is 2.31. The van der Waals surface area contributed by atoms with Gasteiger partial charge in [-0.05, 0) is 75.2 Å². The van der Waals surface area contributed by atoms with Gasteiger partial charge in [-0.2, -0.15) is 0 Å². The number of fused-ring (bicyclic) bond motifs is 7. The number of rotatable bonds is 0. The van der Waals surface area contributed by atoms with Crippen LogP contribution in [0.25, 0.3) is 32.7 Å². The monoisotopic (exact) mass is 294 g/mol. The van der Waals surface area contributed by atoms with E-state index in [1.807, 2.05) is 0 Å². The molecule has 110 valence electrons. The number of aryl methyl sites for hydroxylation is 1. The fourth-order valence-electron chi connectivity index (χ4n) is 4.14. The van der Waals surface area contributed by atoms with Crippen LogP contribution >= 0.6 is 0 Å². The Balaban J connectivity index is 1.93. The van der Waals surface area contributed by atoms with Gasteiger partial charge in [-0.25, -0.2) is 0 Å². The topological polar surface area (TPSA) is 0 Å². The van der Waals surface area contributed by atoms with Crippen molar-refractivity contribution in [1.82, 2.24) is 0 Å². The Morgan fingerprint density at radius 1 is 0.652 bits per heavy atom. The third-order valence-corrected chi connectivity index (χ3v) is 5.53. The molecule has 0 bridgehead atoms. The van der Waals surface area contributed by atoms with Crippen molar-refractivity contribution >= 4 is 21.5 Å². The highest BCUT2D eigenvalue weighted by Gasteiger charge is 2.23. The first kappa shape index (κ1) is 12.9. The summed E-state index contributed by atoms with van der Waals surface area (Å²) in [5.74, 6) is 0. The Morgan fingerprint density at radius 2 is 1.35 bits per heavy atom. The molecule has 1 aliphatic carbocycles. The third-order valence-electron chi connectivity index (χ3n) is 5.53. The summed E-state index contributed by atoms with van der Waals surface area (Å²) < 4.78 is 0. The van der Waals surface area contributed by atoms with Gasteiger partial charge in [0.25, 0.3) is 0 Å². The molecular formula is C23H18. The van der Waals surface area contributed by atoms with E-state index in [2.05, 4.69) is 74.5 Å². The molecule has 0 spiro atoms. The van der Waals surface area contributed by atoms with Crippen LogP contribution < -0.4 is 0 Å². The van der Waals surface area contributed by atoms with Gasteiger partial charge in [0.2, 0.25) is 0 Å². The lowest BCUT2D eigenvalue weighted by Gasteiger charge is -2.09. The minimum absolute atomic E-state index is 1.06. The van der Waals surface area contributed by atoms with Crippen LogP contribution in [0.4, 0.5) is 0 Å². The zero-order chi connectivity index (χ0) is 15.6. The first-order chi connectivity index (χ1) is 11.2. The zero-order valence-electron chi connectivity index (χ0n) is 13.5. The minimum atomic E-state index is 1.06. The van der Waals surface area contributed by atoms with E-state index in [9.17, 15) is 0 Å². The quantitative estimate of drug-likeness (QED) is 0.299. The maximum Gasteiger partial charge on any atom is -0.000433 e. The molecule has 0 aromatic heterocycles. The van der Waals surface area contributed by atoms with Gasteiger partial charge in [-0.15, -0.1) is 0 Å². The fraction of sp³-hybridized carbons (Fsp3) is 0.130. The van der Waals surface area contributed by atoms with Crippen molar-refractivity contribution in [2.75, 3.05) is 0 Å². The molecule has 0 aliphatic heterocycles. The Kier molecular flexibility index (Phi) is 2.50. The van der Waals surface area contributed by atoms with Crippen molar-refractivity contribution in [3.8, 4) is 11.1 Å². The Labute approximate surface area is 136 Å². The fourth-order valence-corrected chi connectivity index (χ4v) is 4.14. The van der Waals surface area contributed by atoms with Gasteiger partial charge >= 0.3 is 0 Å². The number of hydrogen-bond donors (Lipinski definition) is 0. The van der Waals surface area contributed by atoms with Crippen molar-refractivity contribution < 1.29 is 0 Å². The van der Waals surface area contributed by atoms with Crippen molar-refractivity contribution in [3.05, 3.63) is 82.9 Å². The summed E-state index contributed by atoms with van der Waals surface area (Å²) in [6, 6.07) is 22.4. The van der Waals surface area contributed by atoms with Crippen molar-refractivity contribution in [2.24, 2.45) is 0 Å². The molecule has 23 heavy (non-hydrogen) atoms. The average Bonchev–Trinajstić information content (AvgIpc) is 2.97. The summed E-state index contributed by atoms with van der Waals surface area (Å²) in [7, 11) is 0. The molecule has 0 saturated carbocycles. The van der Waals surface area contributed by atoms with Crippen LogP contribution in [0, 0.1) is 13.8 Å². The van der Waals surface area contributed by atoms with Gasteiger partial charge in [0.1, 0.15) is 0 Å². The predicted octanol–water partition coefficient (Wildman–Crippen LogP) is 6.18. The van der Waals surface area contributed by atoms with E-state index in [4.69, 9.17) is 0 Å². The van der Waals surface area contributed by atoms with Crippen LogP contribution in [-0.4, -0.2) is 0 Å². The summed E-state index contributed by atoms with van der Waals surface area (Å²) in [4.78, 5) is 0. The van der Waals surface area contributed by atoms with Crippen molar-refractivity contribution in [2.45, 2.75) is 20.3 Å². The van der Waals surface area contributed by atoms with Gasteiger partial charge in [-0.1, -0.05) is 60.7 Å². The van der Waals surface area contributed by atoms with Gasteiger partial charge in [0.15, 0.2) is 0 Å². The highest BCUT2D eigenvalue weighted by molar-refractivity contribution is 6.12. The molecular weight excluding hydrogens is 276 g/mol. The first-order valence-electron chi connectivity index (χ1n) is 8.27. The summed E-state index contributed by atoms with van der Waals surface area (Å²) in [5, 5.41) is 5.50. The van der Waals surface area contributed by atoms with Crippen molar-refractivity contribution in [3.63, 3.8) is 0 Å². The van der Waals surface area contributed by atoms with Gasteiger partial charge < -0.3 is 0 Å². The SMILES string of the molecule is Cc1ccc2c(c1C)Cc1c-2ccc2ccc3ccccc3c12. The molecule has 1 aliphatic rings. The van der Waals surface area contributed by atoms with E-state index in [-0.39, 0.29) is 0 Å². The van der Waals surface area contributed by atoms with Crippen LogP contribution in [0.15, 0.2) is 60.7 Å². The van der Waals surface area contributed by atoms with Crippen LogP contribution in [0.3, 0.4) is 0 Å². The summed E-state index contributed by atoms with van der Waals surface area (Å²) in [5.41, 5.74) is 8.71. The molecule has 0 fully saturated rings. The number of benzene rings is 4. The molecule has 0 unspecified atom stereocenters. The molecule has 0 amide bonds. The molecule has 4 aromatic carbocycles. The molecule has 0 N–H and O–H groups in total. The smallest absolute Gasteiger partial charge is 0.000433 e. The standard InChI is InChI=1S/C23H18/c1-14-7-11-19-20-12-10-17-9-8-16-5-3-4-6-18(16)23(17)22(20)13-21(19)15(14)2/h3-12H,13H2,1-2H3. The van der Waals surface area contributed by atoms with Gasteiger partial charge in [-0.3, -0.25) is 0 Å². The number of hydrogen-bond acceptors (Lipinski definition) is 0. The molecule has 0 radical (unpaired) electrons. The summed E-state index contributed by atoms with van der Waals surface area (Å²) >= 11 is 0. The van der Waals surface area contributed by atoms with E-state index < -0.39 is 0 Å².